The first-order valence-corrected chi connectivity index (χ1v) is 7.52. The van der Waals surface area contributed by atoms with E-state index in [0.29, 0.717) is 6.04 Å². The fourth-order valence-electron chi connectivity index (χ4n) is 3.51. The summed E-state index contributed by atoms with van der Waals surface area (Å²) >= 11 is 0. The normalized spacial score (nSPS) is 20.1. The summed E-state index contributed by atoms with van der Waals surface area (Å²) in [6.45, 7) is 2.56. The summed E-state index contributed by atoms with van der Waals surface area (Å²) in [6, 6.07) is 18.6. The summed E-state index contributed by atoms with van der Waals surface area (Å²) in [6.07, 6.45) is 1.05. The number of carbonyl (C=O) groups excluding carboxylic acids is 1. The molecule has 0 bridgehead atoms. The van der Waals surface area contributed by atoms with E-state index in [1.807, 2.05) is 35.2 Å². The lowest BCUT2D eigenvalue weighted by Gasteiger charge is -2.39. The van der Waals surface area contributed by atoms with E-state index in [0.717, 1.165) is 31.6 Å². The number of hydrogen-bond acceptors (Lipinski definition) is 2. The number of hydrogen-bond donors (Lipinski definition) is 0. The third-order valence-corrected chi connectivity index (χ3v) is 4.55. The van der Waals surface area contributed by atoms with Crippen LogP contribution in [0.1, 0.15) is 15.9 Å². The van der Waals surface area contributed by atoms with Crippen molar-refractivity contribution in [2.45, 2.75) is 12.5 Å². The Kier molecular flexibility index (Phi) is 2.92. The molecule has 0 spiro atoms. The smallest absolute Gasteiger partial charge is 0.253 e. The van der Waals surface area contributed by atoms with Gasteiger partial charge in [-0.15, -0.1) is 0 Å². The van der Waals surface area contributed by atoms with Crippen molar-refractivity contribution in [1.29, 1.82) is 0 Å². The van der Waals surface area contributed by atoms with E-state index in [1.54, 1.807) is 0 Å². The van der Waals surface area contributed by atoms with Crippen molar-refractivity contribution in [2.24, 2.45) is 0 Å². The molecule has 1 amide bonds. The lowest BCUT2D eigenvalue weighted by molar-refractivity contribution is 0.0725. The molecule has 3 nitrogen and oxygen atoms in total. The van der Waals surface area contributed by atoms with Gasteiger partial charge in [-0.2, -0.15) is 0 Å². The Labute approximate surface area is 124 Å². The minimum Gasteiger partial charge on any atom is -0.364 e. The third-order valence-electron chi connectivity index (χ3n) is 4.55. The third kappa shape index (κ3) is 2.09. The van der Waals surface area contributed by atoms with E-state index in [9.17, 15) is 4.79 Å². The number of para-hydroxylation sites is 1. The second-order valence-electron chi connectivity index (χ2n) is 5.80. The Hall–Kier alpha value is -2.29. The van der Waals surface area contributed by atoms with Crippen LogP contribution in [0.25, 0.3) is 0 Å². The molecule has 1 atom stereocenters. The molecule has 0 aliphatic carbocycles. The van der Waals surface area contributed by atoms with E-state index in [4.69, 9.17) is 0 Å². The highest BCUT2D eigenvalue weighted by Gasteiger charge is 2.35. The number of fused-ring (bicyclic) bond motifs is 3. The second-order valence-corrected chi connectivity index (χ2v) is 5.80. The molecule has 2 aliphatic rings. The van der Waals surface area contributed by atoms with Gasteiger partial charge >= 0.3 is 0 Å². The second kappa shape index (κ2) is 4.92. The Morgan fingerprint density at radius 1 is 0.952 bits per heavy atom. The molecule has 0 saturated carbocycles. The van der Waals surface area contributed by atoms with Gasteiger partial charge in [-0.3, -0.25) is 4.79 Å². The van der Waals surface area contributed by atoms with Crippen LogP contribution in [0.5, 0.6) is 0 Å². The van der Waals surface area contributed by atoms with E-state index >= 15 is 0 Å². The van der Waals surface area contributed by atoms with Crippen molar-refractivity contribution in [3.63, 3.8) is 0 Å². The number of anilines is 1. The van der Waals surface area contributed by atoms with E-state index in [1.165, 1.54) is 11.3 Å². The van der Waals surface area contributed by atoms with Gasteiger partial charge in [0, 0.05) is 30.9 Å². The van der Waals surface area contributed by atoms with Gasteiger partial charge in [-0.05, 0) is 30.2 Å². The monoisotopic (exact) mass is 278 g/mol. The van der Waals surface area contributed by atoms with Gasteiger partial charge in [-0.1, -0.05) is 36.4 Å². The Balaban J connectivity index is 1.53. The standard InChI is InChI=1S/C18H18N2O/c21-18(14-6-2-1-3-7-14)19-10-11-20-16(13-19)12-15-8-4-5-9-17(15)20/h1-9,16H,10-13H2. The molecule has 0 aromatic heterocycles. The van der Waals surface area contributed by atoms with Gasteiger partial charge in [0.2, 0.25) is 0 Å². The van der Waals surface area contributed by atoms with E-state index < -0.39 is 0 Å². The van der Waals surface area contributed by atoms with Crippen molar-refractivity contribution >= 4 is 11.6 Å². The SMILES string of the molecule is O=C(c1ccccc1)N1CCN2c3ccccc3CC2C1. The molecule has 0 N–H and O–H groups in total. The Morgan fingerprint density at radius 3 is 2.57 bits per heavy atom. The summed E-state index contributed by atoms with van der Waals surface area (Å²) in [5.41, 5.74) is 3.56. The lowest BCUT2D eigenvalue weighted by atomic mass is 10.1. The van der Waals surface area contributed by atoms with Crippen LogP contribution in [0.4, 0.5) is 5.69 Å². The topological polar surface area (TPSA) is 23.6 Å². The number of amides is 1. The van der Waals surface area contributed by atoms with Crippen LogP contribution in [-0.2, 0) is 6.42 Å². The molecule has 2 aliphatic heterocycles. The molecule has 2 aromatic carbocycles. The van der Waals surface area contributed by atoms with Gasteiger partial charge in [0.15, 0.2) is 0 Å². The number of piperazine rings is 1. The zero-order valence-electron chi connectivity index (χ0n) is 11.9. The van der Waals surface area contributed by atoms with Crippen LogP contribution in [-0.4, -0.2) is 36.5 Å². The first kappa shape index (κ1) is 12.5. The average Bonchev–Trinajstić information content (AvgIpc) is 2.92. The van der Waals surface area contributed by atoms with Crippen LogP contribution in [0.15, 0.2) is 54.6 Å². The van der Waals surface area contributed by atoms with Gasteiger partial charge in [0.1, 0.15) is 0 Å². The first-order valence-electron chi connectivity index (χ1n) is 7.52. The van der Waals surface area contributed by atoms with Crippen molar-refractivity contribution in [3.8, 4) is 0 Å². The highest BCUT2D eigenvalue weighted by molar-refractivity contribution is 5.94. The molecular weight excluding hydrogens is 260 g/mol. The summed E-state index contributed by atoms with van der Waals surface area (Å²) < 4.78 is 0. The predicted molar refractivity (Wildman–Crippen MR) is 83.6 cm³/mol. The highest BCUT2D eigenvalue weighted by atomic mass is 16.2. The maximum Gasteiger partial charge on any atom is 0.253 e. The van der Waals surface area contributed by atoms with Crippen LogP contribution in [0.3, 0.4) is 0 Å². The number of carbonyl (C=O) groups is 1. The molecular formula is C18H18N2O. The quantitative estimate of drug-likeness (QED) is 0.800. The Morgan fingerprint density at radius 2 is 1.71 bits per heavy atom. The fourth-order valence-corrected chi connectivity index (χ4v) is 3.51. The first-order chi connectivity index (χ1) is 10.3. The minimum absolute atomic E-state index is 0.159. The van der Waals surface area contributed by atoms with Crippen LogP contribution in [0, 0.1) is 0 Å². The fraction of sp³-hybridized carbons (Fsp3) is 0.278. The molecule has 3 heteroatoms. The zero-order chi connectivity index (χ0) is 14.2. The van der Waals surface area contributed by atoms with Crippen LogP contribution >= 0.6 is 0 Å². The van der Waals surface area contributed by atoms with Crippen LogP contribution < -0.4 is 4.90 Å². The molecule has 4 rings (SSSR count). The van der Waals surface area contributed by atoms with Crippen LogP contribution in [0.2, 0.25) is 0 Å². The molecule has 1 fully saturated rings. The predicted octanol–water partition coefficient (Wildman–Crippen LogP) is 2.57. The van der Waals surface area contributed by atoms with Gasteiger partial charge in [0.25, 0.3) is 5.91 Å². The molecule has 21 heavy (non-hydrogen) atoms. The minimum atomic E-state index is 0.159. The van der Waals surface area contributed by atoms with E-state index in [2.05, 4.69) is 29.2 Å². The summed E-state index contributed by atoms with van der Waals surface area (Å²) in [5, 5.41) is 0. The maximum absolute atomic E-state index is 12.6. The molecule has 106 valence electrons. The summed E-state index contributed by atoms with van der Waals surface area (Å²) in [7, 11) is 0. The van der Waals surface area contributed by atoms with E-state index in [-0.39, 0.29) is 5.91 Å². The molecule has 2 aromatic rings. The molecule has 0 radical (unpaired) electrons. The van der Waals surface area contributed by atoms with Crippen molar-refractivity contribution in [1.82, 2.24) is 4.90 Å². The highest BCUT2D eigenvalue weighted by Crippen LogP contribution is 2.33. The van der Waals surface area contributed by atoms with Gasteiger partial charge in [-0.25, -0.2) is 0 Å². The maximum atomic E-state index is 12.6. The van der Waals surface area contributed by atoms with Gasteiger partial charge < -0.3 is 9.80 Å². The van der Waals surface area contributed by atoms with Crippen molar-refractivity contribution < 1.29 is 4.79 Å². The Bertz CT molecular complexity index is 668. The summed E-state index contributed by atoms with van der Waals surface area (Å²) in [5.74, 6) is 0.159. The van der Waals surface area contributed by atoms with Crippen molar-refractivity contribution in [3.05, 3.63) is 65.7 Å². The average molecular weight is 278 g/mol. The number of nitrogens with zero attached hydrogens (tertiary/aromatic N) is 2. The molecule has 1 saturated heterocycles. The lowest BCUT2D eigenvalue weighted by Crippen LogP contribution is -2.53. The largest absolute Gasteiger partial charge is 0.364 e. The summed E-state index contributed by atoms with van der Waals surface area (Å²) in [4.78, 5) is 17.0. The van der Waals surface area contributed by atoms with Gasteiger partial charge in [0.05, 0.1) is 6.04 Å². The van der Waals surface area contributed by atoms with Crippen molar-refractivity contribution in [2.75, 3.05) is 24.5 Å². The number of benzene rings is 2. The molecule has 2 heterocycles. The zero-order valence-corrected chi connectivity index (χ0v) is 11.9. The molecule has 1 unspecified atom stereocenters. The number of rotatable bonds is 1.